The molecule has 0 fully saturated rings. The summed E-state index contributed by atoms with van der Waals surface area (Å²) >= 11 is 0. The van der Waals surface area contributed by atoms with Crippen molar-refractivity contribution in [2.75, 3.05) is 16.5 Å². The molecule has 3 heterocycles. The maximum Gasteiger partial charge on any atom is 0.137 e. The third-order valence-electron chi connectivity index (χ3n) is 16.9. The minimum atomic E-state index is -0.262. The van der Waals surface area contributed by atoms with Gasteiger partial charge in [-0.25, -0.2) is 4.98 Å². The van der Waals surface area contributed by atoms with Gasteiger partial charge in [-0.2, -0.15) is 0 Å². The Labute approximate surface area is 473 Å². The molecule has 10 rings (SSSR count). The van der Waals surface area contributed by atoms with Gasteiger partial charge in [0.25, 0.3) is 0 Å². The first-order valence-electron chi connectivity index (χ1n) is 28.8. The van der Waals surface area contributed by atoms with Crippen LogP contribution in [0.3, 0.4) is 0 Å². The Hall–Kier alpha value is -7.37. The normalized spacial score (nSPS) is 13.8. The molecule has 0 saturated carbocycles. The molecule has 0 bridgehead atoms. The second-order valence-electron chi connectivity index (χ2n) is 27.1. The number of aromatic nitrogens is 2. The second kappa shape index (κ2) is 20.4. The summed E-state index contributed by atoms with van der Waals surface area (Å²) in [7, 11) is 0. The molecular weight excluding hydrogens is 961 g/mol. The molecule has 1 aliphatic heterocycles. The third-order valence-corrected chi connectivity index (χ3v) is 16.9. The lowest BCUT2D eigenvalue weighted by atomic mass is 9.73. The number of fused-ring (bicyclic) bond motifs is 3. The predicted octanol–water partition coefficient (Wildman–Crippen LogP) is 20.3. The minimum absolute atomic E-state index is 0.0107. The first kappa shape index (κ1) is 55.0. The van der Waals surface area contributed by atoms with Crippen LogP contribution in [0.4, 0.5) is 11.4 Å². The highest BCUT2D eigenvalue weighted by Crippen LogP contribution is 2.47. The van der Waals surface area contributed by atoms with E-state index < -0.39 is 0 Å². The van der Waals surface area contributed by atoms with Gasteiger partial charge in [-0.3, -0.25) is 4.57 Å². The maximum atomic E-state index is 7.29. The fraction of sp³-hybridized carbons (Fsp3) is 0.338. The van der Waals surface area contributed by atoms with Gasteiger partial charge < -0.3 is 14.5 Å². The maximum absolute atomic E-state index is 7.29. The van der Waals surface area contributed by atoms with Gasteiger partial charge in [-0.1, -0.05) is 209 Å². The summed E-state index contributed by atoms with van der Waals surface area (Å²) in [6.07, 6.45) is 4.35. The van der Waals surface area contributed by atoms with E-state index in [1.54, 1.807) is 0 Å². The Kier molecular flexibility index (Phi) is 14.2. The number of hydrogen-bond donors (Lipinski definition) is 0. The van der Waals surface area contributed by atoms with Crippen LogP contribution >= 0.6 is 0 Å². The highest BCUT2D eigenvalue weighted by molar-refractivity contribution is 6.10. The van der Waals surface area contributed by atoms with Crippen LogP contribution < -0.4 is 14.5 Å². The summed E-state index contributed by atoms with van der Waals surface area (Å²) in [5, 5.41) is 2.37. The van der Waals surface area contributed by atoms with E-state index in [0.717, 1.165) is 39.6 Å². The predicted molar refractivity (Wildman–Crippen MR) is 337 cm³/mol. The van der Waals surface area contributed by atoms with Crippen molar-refractivity contribution in [2.24, 2.45) is 5.41 Å². The van der Waals surface area contributed by atoms with Crippen molar-refractivity contribution in [3.63, 3.8) is 0 Å². The van der Waals surface area contributed by atoms with Crippen LogP contribution in [-0.2, 0) is 21.7 Å². The van der Waals surface area contributed by atoms with E-state index in [0.29, 0.717) is 18.5 Å². The van der Waals surface area contributed by atoms with Gasteiger partial charge in [0.15, 0.2) is 0 Å². The van der Waals surface area contributed by atoms with Crippen molar-refractivity contribution < 1.29 is 4.74 Å². The van der Waals surface area contributed by atoms with Gasteiger partial charge in [0.05, 0.1) is 17.7 Å². The van der Waals surface area contributed by atoms with E-state index >= 15 is 0 Å². The lowest BCUT2D eigenvalue weighted by molar-refractivity contribution is 0.483. The molecule has 0 unspecified atom stereocenters. The van der Waals surface area contributed by atoms with Gasteiger partial charge in [0.2, 0.25) is 0 Å². The van der Waals surface area contributed by atoms with Crippen LogP contribution in [-0.4, -0.2) is 16.2 Å². The van der Waals surface area contributed by atoms with Crippen LogP contribution in [0.2, 0.25) is 0 Å². The molecule has 0 atom stereocenters. The monoisotopic (exact) mass is 1040 g/mol. The van der Waals surface area contributed by atoms with Crippen molar-refractivity contribution in [2.45, 2.75) is 151 Å². The number of pyridine rings is 1. The molecule has 406 valence electrons. The summed E-state index contributed by atoms with van der Waals surface area (Å²) in [5.74, 6) is 3.07. The van der Waals surface area contributed by atoms with Gasteiger partial charge in [-0.05, 0) is 139 Å². The number of rotatable bonds is 12. The number of anilines is 2. The smallest absolute Gasteiger partial charge is 0.137 e. The third kappa shape index (κ3) is 10.7. The quantitative estimate of drug-likeness (QED) is 0.122. The molecule has 2 aromatic heterocycles. The average molecular weight is 1050 g/mol. The summed E-state index contributed by atoms with van der Waals surface area (Å²) in [5.41, 5.74) is 17.7. The molecule has 0 spiro atoms. The zero-order chi connectivity index (χ0) is 56.6. The molecule has 0 N–H and O–H groups in total. The van der Waals surface area contributed by atoms with Crippen LogP contribution in [0, 0.1) is 5.41 Å². The molecule has 0 radical (unpaired) electrons. The first-order chi connectivity index (χ1) is 37.2. The van der Waals surface area contributed by atoms with Crippen LogP contribution in [0.25, 0.3) is 38.8 Å². The fourth-order valence-electron chi connectivity index (χ4n) is 11.8. The molecular formula is C74H84N4O. The molecule has 5 heteroatoms. The van der Waals surface area contributed by atoms with Crippen molar-refractivity contribution in [1.29, 1.82) is 0 Å². The van der Waals surface area contributed by atoms with Gasteiger partial charge in [0, 0.05) is 68.6 Å². The Balaban J connectivity index is 1.14. The number of nitrogens with zero attached hydrogens (tertiary/aromatic N) is 4. The molecule has 7 aromatic carbocycles. The van der Waals surface area contributed by atoms with E-state index in [4.69, 9.17) is 9.72 Å². The minimum Gasteiger partial charge on any atom is -0.457 e. The lowest BCUT2D eigenvalue weighted by Crippen LogP contribution is -2.32. The van der Waals surface area contributed by atoms with Gasteiger partial charge in [0.1, 0.15) is 17.3 Å². The summed E-state index contributed by atoms with van der Waals surface area (Å²) in [6.45, 7) is 40.0. The molecule has 0 aliphatic carbocycles. The molecule has 9 aromatic rings. The summed E-state index contributed by atoms with van der Waals surface area (Å²) in [4.78, 5) is 10.1. The lowest BCUT2D eigenvalue weighted by Gasteiger charge is -2.35. The van der Waals surface area contributed by atoms with E-state index in [-0.39, 0.29) is 27.1 Å². The van der Waals surface area contributed by atoms with Crippen molar-refractivity contribution in [1.82, 2.24) is 9.55 Å². The SMILES string of the molecule is CC(C)c1cccc(C(C)C)c1-c1cc(Oc2ccc3c4cc(C(C)(C)C)ccc4n(-c4cc(C(C)(C)C)ccn4)c3c2)cc(N2C=C(C(C)(C)C)N(c3cc(C(C)(C)c4ccccc4)cc(C(C)(C)c4ccccc4)c3)C2)c1. The van der Waals surface area contributed by atoms with E-state index in [1.165, 1.54) is 72.2 Å². The van der Waals surface area contributed by atoms with E-state index in [9.17, 15) is 0 Å². The molecule has 0 amide bonds. The Bertz CT molecular complexity index is 3640. The number of hydrogen-bond acceptors (Lipinski definition) is 4. The standard InChI is InChI=1S/C74H84N4O/c1-48(2)61-29-24-30-62(49(3)4)69(61)50-37-57(44-60(38-50)79-59-32-33-63-64-42-53(70(5,6)7)31-34-65(64)78(66(63)45-59)68-43-54(35-36-75-68)71(8,9)10)76-46-67(72(11,12)13)77(47-76)58-40-55(73(14,15)51-25-20-18-21-26-51)39-56(41-58)74(16,17)52-27-22-19-23-28-52/h18-46,48-49H,47H2,1-17H3. The van der Waals surface area contributed by atoms with Crippen molar-refractivity contribution in [3.8, 4) is 28.4 Å². The zero-order valence-electron chi connectivity index (χ0n) is 50.3. The second-order valence-corrected chi connectivity index (χ2v) is 27.1. The Morgan fingerprint density at radius 1 is 0.443 bits per heavy atom. The molecule has 5 nitrogen and oxygen atoms in total. The Morgan fingerprint density at radius 2 is 1.03 bits per heavy atom. The van der Waals surface area contributed by atoms with Crippen molar-refractivity contribution >= 4 is 33.2 Å². The highest BCUT2D eigenvalue weighted by atomic mass is 16.5. The summed E-state index contributed by atoms with van der Waals surface area (Å²) < 4.78 is 9.62. The van der Waals surface area contributed by atoms with E-state index in [1.807, 2.05) is 6.20 Å². The van der Waals surface area contributed by atoms with Crippen molar-refractivity contribution in [3.05, 3.63) is 226 Å². The number of allylic oxidation sites excluding steroid dienone is 1. The molecule has 0 saturated heterocycles. The average Bonchev–Trinajstić information content (AvgIpc) is 4.22. The van der Waals surface area contributed by atoms with E-state index in [2.05, 4.69) is 302 Å². The zero-order valence-corrected chi connectivity index (χ0v) is 50.3. The molecule has 79 heavy (non-hydrogen) atoms. The van der Waals surface area contributed by atoms with Crippen LogP contribution in [0.1, 0.15) is 174 Å². The van der Waals surface area contributed by atoms with Crippen LogP contribution in [0.5, 0.6) is 11.5 Å². The molecule has 1 aliphatic rings. The topological polar surface area (TPSA) is 33.5 Å². The summed E-state index contributed by atoms with van der Waals surface area (Å²) in [6, 6.07) is 61.0. The highest BCUT2D eigenvalue weighted by Gasteiger charge is 2.36. The fourth-order valence-corrected chi connectivity index (χ4v) is 11.8. The van der Waals surface area contributed by atoms with Crippen LogP contribution in [0.15, 0.2) is 182 Å². The number of ether oxygens (including phenoxy) is 1. The Morgan fingerprint density at radius 3 is 1.58 bits per heavy atom. The van der Waals surface area contributed by atoms with Gasteiger partial charge >= 0.3 is 0 Å². The number of benzene rings is 7. The first-order valence-corrected chi connectivity index (χ1v) is 28.8. The van der Waals surface area contributed by atoms with Gasteiger partial charge in [-0.15, -0.1) is 0 Å². The largest absolute Gasteiger partial charge is 0.457 e.